The highest BCUT2D eigenvalue weighted by Crippen LogP contribution is 2.34. The molecule has 0 saturated carbocycles. The van der Waals surface area contributed by atoms with E-state index in [1.807, 2.05) is 32.4 Å². The summed E-state index contributed by atoms with van der Waals surface area (Å²) < 4.78 is 27.7. The first-order valence-corrected chi connectivity index (χ1v) is 12.2. The third-order valence-electron chi connectivity index (χ3n) is 5.08. The van der Waals surface area contributed by atoms with Gasteiger partial charge < -0.3 is 16.2 Å². The Balaban J connectivity index is 2.45. The Morgan fingerprint density at radius 3 is 1.94 bits per heavy atom. The Morgan fingerprint density at radius 2 is 1.52 bits per heavy atom. The maximum Gasteiger partial charge on any atom is 0.333 e. The van der Waals surface area contributed by atoms with Crippen LogP contribution in [-0.2, 0) is 15.6 Å². The summed E-state index contributed by atoms with van der Waals surface area (Å²) in [5, 5.41) is 12.9. The number of benzene rings is 2. The number of nitrogens with two attached hydrogens (primary N) is 1. The van der Waals surface area contributed by atoms with Crippen molar-refractivity contribution in [2.75, 3.05) is 5.32 Å². The molecule has 0 heterocycles. The van der Waals surface area contributed by atoms with Crippen LogP contribution in [0.1, 0.15) is 80.4 Å². The molecule has 0 fully saturated rings. The first-order valence-electron chi connectivity index (χ1n) is 10.4. The minimum Gasteiger partial charge on any atom is -0.386 e. The maximum atomic E-state index is 12.9. The number of carbonyl (C=O) groups excluding carboxylic acids is 2. The molecule has 0 bridgehead atoms. The highest BCUT2D eigenvalue weighted by Gasteiger charge is 2.25. The third-order valence-corrected chi connectivity index (χ3v) is 6.61. The fourth-order valence-corrected chi connectivity index (χ4v) is 4.55. The molecule has 180 valence electrons. The van der Waals surface area contributed by atoms with Gasteiger partial charge in [-0.3, -0.25) is 4.79 Å². The molecule has 5 N–H and O–H groups in total. The summed E-state index contributed by atoms with van der Waals surface area (Å²) in [6.07, 6.45) is 0. The van der Waals surface area contributed by atoms with Gasteiger partial charge in [-0.15, -0.1) is 0 Å². The van der Waals surface area contributed by atoms with Crippen molar-refractivity contribution >= 4 is 39.2 Å². The predicted octanol–water partition coefficient (Wildman–Crippen LogP) is 4.42. The molecule has 0 aliphatic carbocycles. The summed E-state index contributed by atoms with van der Waals surface area (Å²) in [6, 6.07) is 6.10. The van der Waals surface area contributed by atoms with Crippen molar-refractivity contribution in [3.63, 3.8) is 0 Å². The quantitative estimate of drug-likeness (QED) is 0.450. The van der Waals surface area contributed by atoms with Crippen molar-refractivity contribution in [2.24, 2.45) is 5.73 Å². The number of hydrogen-bond donors (Lipinski definition) is 4. The molecule has 0 atom stereocenters. The molecule has 0 spiro atoms. The second-order valence-corrected chi connectivity index (χ2v) is 11.1. The summed E-state index contributed by atoms with van der Waals surface area (Å²) in [4.78, 5) is 24.3. The van der Waals surface area contributed by atoms with E-state index in [9.17, 15) is 23.1 Å². The van der Waals surface area contributed by atoms with Crippen LogP contribution in [-0.4, -0.2) is 25.5 Å². The molecule has 0 saturated heterocycles. The van der Waals surface area contributed by atoms with E-state index >= 15 is 0 Å². The fourth-order valence-electron chi connectivity index (χ4n) is 3.28. The molecule has 3 amide bonds. The lowest BCUT2D eigenvalue weighted by Crippen LogP contribution is -2.35. The van der Waals surface area contributed by atoms with Crippen LogP contribution in [0.25, 0.3) is 0 Å². The van der Waals surface area contributed by atoms with Crippen LogP contribution < -0.4 is 15.8 Å². The summed E-state index contributed by atoms with van der Waals surface area (Å²) >= 11 is 6.04. The van der Waals surface area contributed by atoms with E-state index < -0.39 is 27.6 Å². The van der Waals surface area contributed by atoms with Crippen molar-refractivity contribution in [1.82, 2.24) is 4.72 Å². The number of rotatable bonds is 7. The summed E-state index contributed by atoms with van der Waals surface area (Å²) in [5.74, 6) is -0.770. The molecule has 8 nitrogen and oxygen atoms in total. The van der Waals surface area contributed by atoms with Crippen molar-refractivity contribution in [3.05, 3.63) is 57.6 Å². The van der Waals surface area contributed by atoms with Crippen molar-refractivity contribution < 1.29 is 23.1 Å². The number of nitrogens with one attached hydrogen (secondary N) is 2. The smallest absolute Gasteiger partial charge is 0.333 e. The first-order chi connectivity index (χ1) is 15.0. The van der Waals surface area contributed by atoms with Crippen molar-refractivity contribution in [3.8, 4) is 0 Å². The van der Waals surface area contributed by atoms with Crippen LogP contribution in [0.4, 0.5) is 10.5 Å². The number of sulfonamides is 1. The fraction of sp³-hybridized carbons (Fsp3) is 0.391. The number of halogens is 1. The van der Waals surface area contributed by atoms with E-state index in [4.69, 9.17) is 17.3 Å². The van der Waals surface area contributed by atoms with Crippen LogP contribution in [0.2, 0.25) is 5.02 Å². The van der Waals surface area contributed by atoms with E-state index in [-0.39, 0.29) is 27.3 Å². The van der Waals surface area contributed by atoms with Crippen molar-refractivity contribution in [1.29, 1.82) is 0 Å². The topological polar surface area (TPSA) is 139 Å². The van der Waals surface area contributed by atoms with Gasteiger partial charge in [0, 0.05) is 16.3 Å². The largest absolute Gasteiger partial charge is 0.386 e. The van der Waals surface area contributed by atoms with Gasteiger partial charge in [0.15, 0.2) is 0 Å². The summed E-state index contributed by atoms with van der Waals surface area (Å²) in [5.41, 5.74) is 6.42. The van der Waals surface area contributed by atoms with Gasteiger partial charge in [-0.05, 0) is 72.7 Å². The van der Waals surface area contributed by atoms with Gasteiger partial charge in [0.25, 0.3) is 10.0 Å². The SMILES string of the molecule is CC(C)c1cc(C(N)=O)cc(C(C)C)c1NC(=O)NS(=O)(=O)c1cc(Cl)cc(C(C)(C)O)c1. The van der Waals surface area contributed by atoms with Gasteiger partial charge in [-0.2, -0.15) is 0 Å². The number of urea groups is 1. The lowest BCUT2D eigenvalue weighted by molar-refractivity contribution is 0.0783. The molecule has 0 unspecified atom stereocenters. The average molecular weight is 496 g/mol. The van der Waals surface area contributed by atoms with Gasteiger partial charge in [-0.25, -0.2) is 17.9 Å². The monoisotopic (exact) mass is 495 g/mol. The first kappa shape index (κ1) is 26.6. The molecule has 0 aliphatic rings. The van der Waals surface area contributed by atoms with Crippen LogP contribution in [0, 0.1) is 0 Å². The lowest BCUT2D eigenvalue weighted by atomic mass is 9.90. The van der Waals surface area contributed by atoms with E-state index in [0.29, 0.717) is 22.4 Å². The van der Waals surface area contributed by atoms with Gasteiger partial charge in [0.05, 0.1) is 10.5 Å². The number of aliphatic hydroxyl groups is 1. The zero-order valence-corrected chi connectivity index (χ0v) is 21.1. The van der Waals surface area contributed by atoms with Gasteiger partial charge in [0.2, 0.25) is 5.91 Å². The molecule has 2 aromatic carbocycles. The molecule has 33 heavy (non-hydrogen) atoms. The predicted molar refractivity (Wildman–Crippen MR) is 129 cm³/mol. The standard InChI is InChI=1S/C23H30ClN3O5S/c1-12(2)18-7-14(21(25)28)8-19(13(3)4)20(18)26-22(29)27-33(31,32)17-10-15(23(5,6)30)9-16(24)11-17/h7-13,30H,1-6H3,(H2,25,28)(H2,26,27,29). The van der Waals surface area contributed by atoms with E-state index in [1.165, 1.54) is 32.0 Å². The number of amides is 3. The molecule has 2 rings (SSSR count). The zero-order valence-electron chi connectivity index (χ0n) is 19.5. The number of primary amides is 1. The van der Waals surface area contributed by atoms with Gasteiger partial charge in [-0.1, -0.05) is 39.3 Å². The Bertz CT molecular complexity index is 1160. The van der Waals surface area contributed by atoms with E-state index in [2.05, 4.69) is 5.32 Å². The maximum absolute atomic E-state index is 12.9. The molecule has 10 heteroatoms. The van der Waals surface area contributed by atoms with E-state index in [1.54, 1.807) is 12.1 Å². The average Bonchev–Trinajstić information content (AvgIpc) is 2.65. The molecule has 0 aliphatic heterocycles. The second-order valence-electron chi connectivity index (χ2n) is 9.00. The van der Waals surface area contributed by atoms with Crippen LogP contribution in [0.5, 0.6) is 0 Å². The number of hydrogen-bond acceptors (Lipinski definition) is 5. The third kappa shape index (κ3) is 6.46. The molecule has 2 aromatic rings. The van der Waals surface area contributed by atoms with Crippen molar-refractivity contribution in [2.45, 2.75) is 63.9 Å². The molecule has 0 radical (unpaired) electrons. The minimum atomic E-state index is -4.30. The normalized spacial score (nSPS) is 12.2. The van der Waals surface area contributed by atoms with Gasteiger partial charge >= 0.3 is 6.03 Å². The lowest BCUT2D eigenvalue weighted by Gasteiger charge is -2.22. The molecular formula is C23H30ClN3O5S. The van der Waals surface area contributed by atoms with Gasteiger partial charge in [0.1, 0.15) is 0 Å². The highest BCUT2D eigenvalue weighted by molar-refractivity contribution is 7.90. The summed E-state index contributed by atoms with van der Waals surface area (Å²) in [6.45, 7) is 10.5. The molecular weight excluding hydrogens is 466 g/mol. The van der Waals surface area contributed by atoms with Crippen LogP contribution in [0.3, 0.4) is 0 Å². The zero-order chi connectivity index (χ0) is 25.3. The Kier molecular flexibility index (Phi) is 7.83. The van der Waals surface area contributed by atoms with Crippen LogP contribution in [0.15, 0.2) is 35.2 Å². The van der Waals surface area contributed by atoms with E-state index in [0.717, 1.165) is 0 Å². The Hall–Kier alpha value is -2.62. The number of anilines is 1. The summed E-state index contributed by atoms with van der Waals surface area (Å²) in [7, 11) is -4.30. The number of carbonyl (C=O) groups is 2. The highest BCUT2D eigenvalue weighted by atomic mass is 35.5. The van der Waals surface area contributed by atoms with Crippen LogP contribution >= 0.6 is 11.6 Å². The second kappa shape index (κ2) is 9.70. The molecule has 0 aromatic heterocycles. The minimum absolute atomic E-state index is 0.0871. The Labute approximate surface area is 199 Å². The Morgan fingerprint density at radius 1 is 1.00 bits per heavy atom.